The fourth-order valence-electron chi connectivity index (χ4n) is 2.67. The Morgan fingerprint density at radius 3 is 2.70 bits per heavy atom. The molecule has 1 aliphatic heterocycles. The minimum atomic E-state index is -1.15. The summed E-state index contributed by atoms with van der Waals surface area (Å²) in [6, 6.07) is 5.23. The number of nitrogens with two attached hydrogens (primary N) is 1. The summed E-state index contributed by atoms with van der Waals surface area (Å²) in [7, 11) is 0. The molecule has 5 heteroatoms. The molecule has 1 saturated heterocycles. The van der Waals surface area contributed by atoms with Gasteiger partial charge in [-0.25, -0.2) is 4.79 Å². The van der Waals surface area contributed by atoms with Gasteiger partial charge in [-0.1, -0.05) is 11.6 Å². The monoisotopic (exact) mass is 276 g/mol. The van der Waals surface area contributed by atoms with Crippen LogP contribution in [0.25, 0.3) is 0 Å². The maximum absolute atomic E-state index is 12.7. The van der Waals surface area contributed by atoms with Gasteiger partial charge in [0.2, 0.25) is 0 Å². The highest BCUT2D eigenvalue weighted by Gasteiger charge is 2.44. The third kappa shape index (κ3) is 2.35. The average Bonchev–Trinajstić information content (AvgIpc) is 2.41. The molecule has 108 valence electrons. The predicted octanol–water partition coefficient (Wildman–Crippen LogP) is 2.05. The molecular weight excluding hydrogens is 256 g/mol. The Labute approximate surface area is 118 Å². The van der Waals surface area contributed by atoms with Crippen molar-refractivity contribution in [1.29, 1.82) is 0 Å². The van der Waals surface area contributed by atoms with Crippen LogP contribution in [0, 0.1) is 6.92 Å². The largest absolute Gasteiger partial charge is 0.480 e. The van der Waals surface area contributed by atoms with Gasteiger partial charge in [-0.3, -0.25) is 4.79 Å². The number of nitrogens with zero attached hydrogens (tertiary/aromatic N) is 1. The van der Waals surface area contributed by atoms with Crippen molar-refractivity contribution in [2.24, 2.45) is 0 Å². The van der Waals surface area contributed by atoms with Crippen LogP contribution in [0.1, 0.15) is 42.1 Å². The van der Waals surface area contributed by atoms with Gasteiger partial charge in [0.15, 0.2) is 0 Å². The number of carboxylic acid groups (broad SMARTS) is 1. The van der Waals surface area contributed by atoms with Crippen LogP contribution in [0.2, 0.25) is 0 Å². The molecule has 1 unspecified atom stereocenters. The second-order valence-corrected chi connectivity index (χ2v) is 5.58. The number of carboxylic acids is 1. The molecule has 5 nitrogen and oxygen atoms in total. The lowest BCUT2D eigenvalue weighted by molar-refractivity contribution is -0.150. The van der Waals surface area contributed by atoms with Gasteiger partial charge in [0.25, 0.3) is 5.91 Å². The third-order valence-electron chi connectivity index (χ3n) is 4.04. The lowest BCUT2D eigenvalue weighted by Crippen LogP contribution is -2.57. The van der Waals surface area contributed by atoms with E-state index in [4.69, 9.17) is 5.73 Å². The second-order valence-electron chi connectivity index (χ2n) is 5.58. The van der Waals surface area contributed by atoms with E-state index < -0.39 is 11.5 Å². The maximum Gasteiger partial charge on any atom is 0.329 e. The normalized spacial score (nSPS) is 22.6. The molecule has 1 heterocycles. The van der Waals surface area contributed by atoms with E-state index in [1.165, 1.54) is 4.90 Å². The van der Waals surface area contributed by atoms with Crippen LogP contribution in [0.15, 0.2) is 18.2 Å². The first kappa shape index (κ1) is 14.4. The van der Waals surface area contributed by atoms with Crippen LogP contribution in [0.4, 0.5) is 5.69 Å². The summed E-state index contributed by atoms with van der Waals surface area (Å²) in [5.41, 5.74) is 6.42. The molecule has 20 heavy (non-hydrogen) atoms. The van der Waals surface area contributed by atoms with Gasteiger partial charge >= 0.3 is 5.97 Å². The van der Waals surface area contributed by atoms with Gasteiger partial charge in [-0.2, -0.15) is 0 Å². The summed E-state index contributed by atoms with van der Waals surface area (Å²) < 4.78 is 0. The van der Waals surface area contributed by atoms with Gasteiger partial charge in [-0.15, -0.1) is 0 Å². The molecule has 2 rings (SSSR count). The highest BCUT2D eigenvalue weighted by molar-refractivity contribution is 6.02. The number of aliphatic carboxylic acids is 1. The molecule has 1 aliphatic rings. The second kappa shape index (κ2) is 5.15. The number of amides is 1. The summed E-state index contributed by atoms with van der Waals surface area (Å²) in [5, 5.41) is 9.46. The van der Waals surface area contributed by atoms with Crippen molar-refractivity contribution >= 4 is 17.6 Å². The Balaban J connectivity index is 2.40. The Kier molecular flexibility index (Phi) is 3.70. The molecule has 0 spiro atoms. The fourth-order valence-corrected chi connectivity index (χ4v) is 2.67. The molecule has 0 aromatic heterocycles. The number of carbonyl (C=O) groups is 2. The van der Waals surface area contributed by atoms with Crippen LogP contribution < -0.4 is 5.73 Å². The third-order valence-corrected chi connectivity index (χ3v) is 4.04. The zero-order valence-electron chi connectivity index (χ0n) is 11.8. The van der Waals surface area contributed by atoms with E-state index in [-0.39, 0.29) is 5.91 Å². The van der Waals surface area contributed by atoms with E-state index in [0.717, 1.165) is 18.4 Å². The van der Waals surface area contributed by atoms with E-state index in [0.29, 0.717) is 24.2 Å². The summed E-state index contributed by atoms with van der Waals surface area (Å²) >= 11 is 0. The first-order valence-corrected chi connectivity index (χ1v) is 6.78. The number of anilines is 1. The van der Waals surface area contributed by atoms with Crippen LogP contribution in [-0.2, 0) is 4.79 Å². The fraction of sp³-hybridized carbons (Fsp3) is 0.467. The molecule has 1 aromatic carbocycles. The first-order chi connectivity index (χ1) is 9.36. The number of piperidine rings is 1. The van der Waals surface area contributed by atoms with Gasteiger partial charge in [0, 0.05) is 12.2 Å². The van der Waals surface area contributed by atoms with E-state index in [9.17, 15) is 14.7 Å². The van der Waals surface area contributed by atoms with E-state index in [1.54, 1.807) is 19.1 Å². The van der Waals surface area contributed by atoms with Crippen LogP contribution in [-0.4, -0.2) is 34.0 Å². The number of likely N-dealkylation sites (tertiary alicyclic amines) is 1. The van der Waals surface area contributed by atoms with Gasteiger partial charge in [0.1, 0.15) is 5.54 Å². The highest BCUT2D eigenvalue weighted by atomic mass is 16.4. The molecule has 1 aromatic rings. The minimum Gasteiger partial charge on any atom is -0.480 e. The minimum absolute atomic E-state index is 0.296. The summed E-state index contributed by atoms with van der Waals surface area (Å²) in [5.74, 6) is -1.26. The lowest BCUT2D eigenvalue weighted by Gasteiger charge is -2.41. The molecule has 3 N–H and O–H groups in total. The maximum atomic E-state index is 12.7. The van der Waals surface area contributed by atoms with Crippen molar-refractivity contribution in [3.63, 3.8) is 0 Å². The summed E-state index contributed by atoms with van der Waals surface area (Å²) in [6.45, 7) is 3.94. The number of nitrogen functional groups attached to an aromatic ring is 1. The molecule has 0 aliphatic carbocycles. The van der Waals surface area contributed by atoms with Crippen LogP contribution >= 0.6 is 0 Å². The summed E-state index contributed by atoms with van der Waals surface area (Å²) in [4.78, 5) is 25.7. The van der Waals surface area contributed by atoms with Crippen molar-refractivity contribution in [1.82, 2.24) is 4.90 Å². The standard InChI is InChI=1S/C15H20N2O3/c1-10-5-6-12(16)11(9-10)13(18)17-8-4-3-7-15(17,2)14(19)20/h5-6,9H,3-4,7-8,16H2,1-2H3,(H,19,20). The Hall–Kier alpha value is -2.04. The number of aryl methyl sites for hydroxylation is 1. The van der Waals surface area contributed by atoms with Crippen molar-refractivity contribution < 1.29 is 14.7 Å². The van der Waals surface area contributed by atoms with E-state index in [2.05, 4.69) is 0 Å². The van der Waals surface area contributed by atoms with Crippen molar-refractivity contribution in [2.45, 2.75) is 38.6 Å². The molecule has 1 atom stereocenters. The number of carbonyl (C=O) groups excluding carboxylic acids is 1. The average molecular weight is 276 g/mol. The molecular formula is C15H20N2O3. The zero-order valence-corrected chi connectivity index (χ0v) is 11.8. The van der Waals surface area contributed by atoms with E-state index >= 15 is 0 Å². The summed E-state index contributed by atoms with van der Waals surface area (Å²) in [6.07, 6.45) is 2.11. The van der Waals surface area contributed by atoms with Crippen LogP contribution in [0.5, 0.6) is 0 Å². The Morgan fingerprint density at radius 2 is 2.05 bits per heavy atom. The number of hydrogen-bond acceptors (Lipinski definition) is 3. The lowest BCUT2D eigenvalue weighted by atomic mass is 9.87. The van der Waals surface area contributed by atoms with Crippen molar-refractivity contribution in [2.75, 3.05) is 12.3 Å². The van der Waals surface area contributed by atoms with E-state index in [1.807, 2.05) is 13.0 Å². The van der Waals surface area contributed by atoms with Gasteiger partial charge < -0.3 is 15.7 Å². The van der Waals surface area contributed by atoms with Crippen molar-refractivity contribution in [3.8, 4) is 0 Å². The van der Waals surface area contributed by atoms with Gasteiger partial charge in [0.05, 0.1) is 5.56 Å². The number of rotatable bonds is 2. The van der Waals surface area contributed by atoms with Gasteiger partial charge in [-0.05, 0) is 45.2 Å². The molecule has 0 saturated carbocycles. The van der Waals surface area contributed by atoms with Crippen LogP contribution in [0.3, 0.4) is 0 Å². The Bertz CT molecular complexity index is 556. The quantitative estimate of drug-likeness (QED) is 0.810. The molecule has 1 amide bonds. The Morgan fingerprint density at radius 1 is 1.35 bits per heavy atom. The first-order valence-electron chi connectivity index (χ1n) is 6.78. The predicted molar refractivity (Wildman–Crippen MR) is 76.5 cm³/mol. The highest BCUT2D eigenvalue weighted by Crippen LogP contribution is 2.31. The number of hydrogen-bond donors (Lipinski definition) is 2. The molecule has 0 radical (unpaired) electrons. The zero-order chi connectivity index (χ0) is 14.9. The topological polar surface area (TPSA) is 83.6 Å². The van der Waals surface area contributed by atoms with Crippen molar-refractivity contribution in [3.05, 3.63) is 29.3 Å². The SMILES string of the molecule is Cc1ccc(N)c(C(=O)N2CCCCC2(C)C(=O)O)c1. The smallest absolute Gasteiger partial charge is 0.329 e. The number of benzene rings is 1. The molecule has 0 bridgehead atoms. The molecule has 1 fully saturated rings.